The first-order chi connectivity index (χ1) is 12.8. The largest absolute Gasteiger partial charge is 0.355 e. The zero-order chi connectivity index (χ0) is 17.5. The van der Waals surface area contributed by atoms with Gasteiger partial charge in [-0.15, -0.1) is 0 Å². The molecule has 2 fully saturated rings. The van der Waals surface area contributed by atoms with Gasteiger partial charge in [-0.05, 0) is 37.8 Å². The van der Waals surface area contributed by atoms with Gasteiger partial charge in [0.25, 0.3) is 0 Å². The van der Waals surface area contributed by atoms with Crippen LogP contribution >= 0.6 is 0 Å². The molecule has 5 rings (SSSR count). The van der Waals surface area contributed by atoms with Crippen LogP contribution in [0.3, 0.4) is 0 Å². The molecule has 2 aliphatic rings. The number of rotatable bonds is 4. The SMILES string of the molecule is CN(c1ccnc(C2CC2)n1)C1CCCN(c2ncnc3[nH]ccc23)C1. The average molecular weight is 349 g/mol. The minimum absolute atomic E-state index is 0.412. The number of fused-ring (bicyclic) bond motifs is 1. The van der Waals surface area contributed by atoms with Gasteiger partial charge in [-0.3, -0.25) is 0 Å². The molecule has 1 saturated carbocycles. The number of hydrogen-bond donors (Lipinski definition) is 1. The van der Waals surface area contributed by atoms with E-state index in [1.165, 1.54) is 12.8 Å². The van der Waals surface area contributed by atoms with E-state index in [1.807, 2.05) is 18.5 Å². The van der Waals surface area contributed by atoms with Gasteiger partial charge >= 0.3 is 0 Å². The van der Waals surface area contributed by atoms with Crippen molar-refractivity contribution < 1.29 is 0 Å². The lowest BCUT2D eigenvalue weighted by Crippen LogP contribution is -2.47. The van der Waals surface area contributed by atoms with Gasteiger partial charge in [-0.1, -0.05) is 0 Å². The molecule has 134 valence electrons. The highest BCUT2D eigenvalue weighted by Gasteiger charge is 2.29. The minimum Gasteiger partial charge on any atom is -0.355 e. The van der Waals surface area contributed by atoms with Gasteiger partial charge in [0.15, 0.2) is 0 Å². The molecule has 1 atom stereocenters. The van der Waals surface area contributed by atoms with E-state index in [0.717, 1.165) is 54.4 Å². The van der Waals surface area contributed by atoms with E-state index in [1.54, 1.807) is 6.33 Å². The van der Waals surface area contributed by atoms with Gasteiger partial charge in [-0.25, -0.2) is 19.9 Å². The Labute approximate surface area is 152 Å². The fourth-order valence-corrected chi connectivity index (χ4v) is 3.86. The summed E-state index contributed by atoms with van der Waals surface area (Å²) in [6, 6.07) is 4.50. The third-order valence-electron chi connectivity index (χ3n) is 5.54. The maximum absolute atomic E-state index is 4.81. The third-order valence-corrected chi connectivity index (χ3v) is 5.54. The van der Waals surface area contributed by atoms with Crippen LogP contribution in [-0.4, -0.2) is 51.1 Å². The molecule has 1 aliphatic heterocycles. The molecule has 3 aromatic heterocycles. The molecule has 26 heavy (non-hydrogen) atoms. The second kappa shape index (κ2) is 6.23. The standard InChI is InChI=1S/C19H23N7/c1-25(16-7-9-20-17(24-16)13-4-5-13)14-3-2-10-26(11-14)19-15-6-8-21-18(15)22-12-23-19/h6-9,12-14H,2-5,10-11H2,1H3,(H,21,22,23). The number of piperidine rings is 1. The Hall–Kier alpha value is -2.70. The van der Waals surface area contributed by atoms with Crippen molar-refractivity contribution in [2.75, 3.05) is 29.9 Å². The zero-order valence-electron chi connectivity index (χ0n) is 15.0. The minimum atomic E-state index is 0.412. The van der Waals surface area contributed by atoms with Gasteiger partial charge in [-0.2, -0.15) is 0 Å². The first-order valence-corrected chi connectivity index (χ1v) is 9.38. The van der Waals surface area contributed by atoms with E-state index in [-0.39, 0.29) is 0 Å². The predicted molar refractivity (Wildman–Crippen MR) is 102 cm³/mol. The Bertz CT molecular complexity index is 917. The van der Waals surface area contributed by atoms with E-state index in [0.29, 0.717) is 12.0 Å². The Morgan fingerprint density at radius 2 is 2.08 bits per heavy atom. The number of hydrogen-bond acceptors (Lipinski definition) is 6. The van der Waals surface area contributed by atoms with Crippen molar-refractivity contribution in [3.63, 3.8) is 0 Å². The van der Waals surface area contributed by atoms with Crippen LogP contribution in [0.4, 0.5) is 11.6 Å². The number of anilines is 2. The van der Waals surface area contributed by atoms with Crippen LogP contribution < -0.4 is 9.80 Å². The fourth-order valence-electron chi connectivity index (χ4n) is 3.86. The Kier molecular flexibility index (Phi) is 3.72. The Morgan fingerprint density at radius 3 is 2.96 bits per heavy atom. The topological polar surface area (TPSA) is 73.8 Å². The molecule has 0 bridgehead atoms. The molecule has 7 nitrogen and oxygen atoms in total. The number of nitrogens with zero attached hydrogens (tertiary/aromatic N) is 6. The Morgan fingerprint density at radius 1 is 1.15 bits per heavy atom. The maximum Gasteiger partial charge on any atom is 0.142 e. The number of aromatic nitrogens is 5. The number of likely N-dealkylation sites (N-methyl/N-ethyl adjacent to an activating group) is 1. The van der Waals surface area contributed by atoms with E-state index >= 15 is 0 Å². The van der Waals surface area contributed by atoms with Crippen LogP contribution in [0.5, 0.6) is 0 Å². The smallest absolute Gasteiger partial charge is 0.142 e. The lowest BCUT2D eigenvalue weighted by atomic mass is 10.0. The van der Waals surface area contributed by atoms with Crippen LogP contribution in [-0.2, 0) is 0 Å². The highest BCUT2D eigenvalue weighted by atomic mass is 15.3. The molecule has 3 aromatic rings. The monoisotopic (exact) mass is 349 g/mol. The summed E-state index contributed by atoms with van der Waals surface area (Å²) >= 11 is 0. The molecule has 1 aliphatic carbocycles. The highest BCUT2D eigenvalue weighted by Crippen LogP contribution is 2.38. The zero-order valence-corrected chi connectivity index (χ0v) is 15.0. The van der Waals surface area contributed by atoms with Crippen molar-refractivity contribution in [2.45, 2.75) is 37.6 Å². The maximum atomic E-state index is 4.81. The summed E-state index contributed by atoms with van der Waals surface area (Å²) in [5.41, 5.74) is 0.898. The van der Waals surface area contributed by atoms with Gasteiger partial charge in [0.2, 0.25) is 0 Å². The average Bonchev–Trinajstić information content (AvgIpc) is 3.44. The van der Waals surface area contributed by atoms with Gasteiger partial charge in [0.1, 0.15) is 29.4 Å². The second-order valence-corrected chi connectivity index (χ2v) is 7.34. The predicted octanol–water partition coefficient (Wildman–Crippen LogP) is 2.73. The molecule has 0 spiro atoms. The van der Waals surface area contributed by atoms with Crippen molar-refractivity contribution in [3.8, 4) is 0 Å². The molecular weight excluding hydrogens is 326 g/mol. The number of nitrogens with one attached hydrogen (secondary N) is 1. The third kappa shape index (κ3) is 2.77. The summed E-state index contributed by atoms with van der Waals surface area (Å²) < 4.78 is 0. The van der Waals surface area contributed by atoms with Crippen molar-refractivity contribution in [1.82, 2.24) is 24.9 Å². The van der Waals surface area contributed by atoms with E-state index in [4.69, 9.17) is 4.98 Å². The van der Waals surface area contributed by atoms with Crippen molar-refractivity contribution >= 4 is 22.7 Å². The molecule has 0 amide bonds. The van der Waals surface area contributed by atoms with E-state index in [9.17, 15) is 0 Å². The lowest BCUT2D eigenvalue weighted by molar-refractivity contribution is 0.483. The van der Waals surface area contributed by atoms with Gasteiger partial charge in [0.05, 0.1) is 5.39 Å². The number of aromatic amines is 1. The van der Waals surface area contributed by atoms with Crippen molar-refractivity contribution in [3.05, 3.63) is 36.7 Å². The Balaban J connectivity index is 1.38. The van der Waals surface area contributed by atoms with Crippen LogP contribution in [0, 0.1) is 0 Å². The van der Waals surface area contributed by atoms with Crippen LogP contribution in [0.2, 0.25) is 0 Å². The quantitative estimate of drug-likeness (QED) is 0.781. The summed E-state index contributed by atoms with van der Waals surface area (Å²) in [6.07, 6.45) is 10.2. The van der Waals surface area contributed by atoms with Crippen molar-refractivity contribution in [1.29, 1.82) is 0 Å². The van der Waals surface area contributed by atoms with Gasteiger partial charge in [0, 0.05) is 44.5 Å². The lowest BCUT2D eigenvalue weighted by Gasteiger charge is -2.38. The summed E-state index contributed by atoms with van der Waals surface area (Å²) in [5.74, 6) is 3.64. The van der Waals surface area contributed by atoms with Crippen LogP contribution in [0.25, 0.3) is 11.0 Å². The first kappa shape index (κ1) is 15.5. The molecule has 1 unspecified atom stereocenters. The van der Waals surface area contributed by atoms with Crippen LogP contribution in [0.1, 0.15) is 37.4 Å². The summed E-state index contributed by atoms with van der Waals surface area (Å²) in [7, 11) is 2.15. The summed E-state index contributed by atoms with van der Waals surface area (Å²) in [6.45, 7) is 1.97. The molecule has 1 N–H and O–H groups in total. The van der Waals surface area contributed by atoms with Crippen molar-refractivity contribution in [2.24, 2.45) is 0 Å². The fraction of sp³-hybridized carbons (Fsp3) is 0.474. The van der Waals surface area contributed by atoms with Gasteiger partial charge < -0.3 is 14.8 Å². The molecule has 0 radical (unpaired) electrons. The normalized spacial score (nSPS) is 20.5. The molecule has 0 aromatic carbocycles. The summed E-state index contributed by atoms with van der Waals surface area (Å²) in [5, 5.41) is 1.09. The number of H-pyrrole nitrogens is 1. The van der Waals surface area contributed by atoms with E-state index in [2.05, 4.69) is 42.8 Å². The second-order valence-electron chi connectivity index (χ2n) is 7.34. The molecule has 1 saturated heterocycles. The highest BCUT2D eigenvalue weighted by molar-refractivity contribution is 5.87. The molecule has 7 heteroatoms. The summed E-state index contributed by atoms with van der Waals surface area (Å²) in [4.78, 5) is 26.0. The first-order valence-electron chi connectivity index (χ1n) is 9.38. The van der Waals surface area contributed by atoms with Crippen LogP contribution in [0.15, 0.2) is 30.9 Å². The molecular formula is C19H23N7. The van der Waals surface area contributed by atoms with E-state index < -0.39 is 0 Å². The molecule has 4 heterocycles.